The van der Waals surface area contributed by atoms with E-state index < -0.39 is 5.38 Å². The maximum Gasteiger partial charge on any atom is 0.238 e. The molecule has 0 heterocycles. The average Bonchev–Trinajstić information content (AvgIpc) is 2.37. The van der Waals surface area contributed by atoms with E-state index in [9.17, 15) is 4.79 Å². The molecule has 2 atom stereocenters. The van der Waals surface area contributed by atoms with Gasteiger partial charge in [-0.15, -0.1) is 11.6 Å². The molecule has 3 heteroatoms. The first-order chi connectivity index (χ1) is 8.19. The van der Waals surface area contributed by atoms with Gasteiger partial charge in [0.15, 0.2) is 0 Å². The second kappa shape index (κ2) is 7.33. The molecule has 1 rings (SSSR count). The molecule has 17 heavy (non-hydrogen) atoms. The predicted octanol–water partition coefficient (Wildman–Crippen LogP) is 3.66. The van der Waals surface area contributed by atoms with Crippen molar-refractivity contribution in [3.63, 3.8) is 0 Å². The Morgan fingerprint density at radius 3 is 2.47 bits per heavy atom. The molecular weight excluding hydrogens is 234 g/mol. The van der Waals surface area contributed by atoms with Crippen molar-refractivity contribution in [1.29, 1.82) is 0 Å². The third-order valence-electron chi connectivity index (χ3n) is 2.75. The van der Waals surface area contributed by atoms with Gasteiger partial charge in [-0.05, 0) is 18.4 Å². The maximum absolute atomic E-state index is 11.8. The number of rotatable bonds is 6. The standard InChI is InChI=1S/C14H20ClNO/c1-3-8-12(15)14(17)16-13(4-2)11-9-6-5-7-10-11/h5-7,9-10,12-13H,3-4,8H2,1-2H3,(H,16,17). The summed E-state index contributed by atoms with van der Waals surface area (Å²) in [5, 5.41) is 2.58. The van der Waals surface area contributed by atoms with Gasteiger partial charge in [-0.2, -0.15) is 0 Å². The van der Waals surface area contributed by atoms with Crippen molar-refractivity contribution in [2.75, 3.05) is 0 Å². The number of carbonyl (C=O) groups is 1. The van der Waals surface area contributed by atoms with Crippen LogP contribution in [-0.2, 0) is 4.79 Å². The SMILES string of the molecule is CCCC(Cl)C(=O)NC(CC)c1ccccc1. The fraction of sp³-hybridized carbons (Fsp3) is 0.500. The molecule has 0 aliphatic heterocycles. The van der Waals surface area contributed by atoms with E-state index in [1.807, 2.05) is 37.3 Å². The highest BCUT2D eigenvalue weighted by molar-refractivity contribution is 6.30. The summed E-state index contributed by atoms with van der Waals surface area (Å²) in [6.07, 6.45) is 2.51. The molecule has 1 aromatic carbocycles. The van der Waals surface area contributed by atoms with Crippen LogP contribution < -0.4 is 5.32 Å². The summed E-state index contributed by atoms with van der Waals surface area (Å²) < 4.78 is 0. The molecule has 0 spiro atoms. The zero-order valence-corrected chi connectivity index (χ0v) is 11.2. The highest BCUT2D eigenvalue weighted by Crippen LogP contribution is 2.17. The lowest BCUT2D eigenvalue weighted by Crippen LogP contribution is -2.34. The number of carbonyl (C=O) groups excluding carboxylic acids is 1. The van der Waals surface area contributed by atoms with Crippen LogP contribution in [0.25, 0.3) is 0 Å². The number of nitrogens with one attached hydrogen (secondary N) is 1. The van der Waals surface area contributed by atoms with E-state index >= 15 is 0 Å². The Hall–Kier alpha value is -1.02. The van der Waals surface area contributed by atoms with Crippen molar-refractivity contribution in [2.24, 2.45) is 0 Å². The molecule has 2 unspecified atom stereocenters. The van der Waals surface area contributed by atoms with Crippen molar-refractivity contribution in [1.82, 2.24) is 5.32 Å². The summed E-state index contributed by atoms with van der Waals surface area (Å²) in [7, 11) is 0. The maximum atomic E-state index is 11.8. The molecule has 1 amide bonds. The van der Waals surface area contributed by atoms with E-state index in [1.165, 1.54) is 0 Å². The summed E-state index contributed by atoms with van der Waals surface area (Å²) in [5.74, 6) is -0.0655. The Bertz CT molecular complexity index is 339. The number of alkyl halides is 1. The van der Waals surface area contributed by atoms with Gasteiger partial charge in [0.25, 0.3) is 0 Å². The third-order valence-corrected chi connectivity index (χ3v) is 3.17. The summed E-state index contributed by atoms with van der Waals surface area (Å²) >= 11 is 6.01. The zero-order chi connectivity index (χ0) is 12.7. The largest absolute Gasteiger partial charge is 0.348 e. The minimum Gasteiger partial charge on any atom is -0.348 e. The van der Waals surface area contributed by atoms with Crippen LogP contribution in [0.2, 0.25) is 0 Å². The minimum absolute atomic E-state index is 0.0572. The molecule has 0 aliphatic rings. The van der Waals surface area contributed by atoms with E-state index in [-0.39, 0.29) is 11.9 Å². The normalized spacial score (nSPS) is 14.1. The number of hydrogen-bond acceptors (Lipinski definition) is 1. The summed E-state index contributed by atoms with van der Waals surface area (Å²) in [5.41, 5.74) is 1.13. The van der Waals surface area contributed by atoms with Crippen molar-refractivity contribution in [2.45, 2.75) is 44.5 Å². The van der Waals surface area contributed by atoms with E-state index in [1.54, 1.807) is 0 Å². The van der Waals surface area contributed by atoms with Crippen molar-refractivity contribution in [3.05, 3.63) is 35.9 Å². The predicted molar refractivity (Wildman–Crippen MR) is 72.2 cm³/mol. The molecule has 0 bridgehead atoms. The van der Waals surface area contributed by atoms with Gasteiger partial charge in [0.2, 0.25) is 5.91 Å². The van der Waals surface area contributed by atoms with E-state index in [4.69, 9.17) is 11.6 Å². The highest BCUT2D eigenvalue weighted by Gasteiger charge is 2.18. The number of halogens is 1. The van der Waals surface area contributed by atoms with Crippen LogP contribution in [0.15, 0.2) is 30.3 Å². The van der Waals surface area contributed by atoms with Crippen LogP contribution in [0, 0.1) is 0 Å². The Morgan fingerprint density at radius 2 is 1.94 bits per heavy atom. The number of hydrogen-bond donors (Lipinski definition) is 1. The van der Waals surface area contributed by atoms with E-state index in [2.05, 4.69) is 12.2 Å². The Morgan fingerprint density at radius 1 is 1.29 bits per heavy atom. The Balaban J connectivity index is 2.62. The lowest BCUT2D eigenvalue weighted by atomic mass is 10.0. The van der Waals surface area contributed by atoms with Gasteiger partial charge in [-0.1, -0.05) is 50.6 Å². The Kier molecular flexibility index (Phi) is 6.06. The quantitative estimate of drug-likeness (QED) is 0.771. The Labute approximate surface area is 108 Å². The molecule has 0 fully saturated rings. The van der Waals surface area contributed by atoms with Gasteiger partial charge >= 0.3 is 0 Å². The molecule has 0 radical (unpaired) electrons. The van der Waals surface area contributed by atoms with Gasteiger partial charge in [0.1, 0.15) is 5.38 Å². The second-order valence-electron chi connectivity index (χ2n) is 4.14. The molecular formula is C14H20ClNO. The van der Waals surface area contributed by atoms with Gasteiger partial charge < -0.3 is 5.32 Å². The summed E-state index contributed by atoms with van der Waals surface area (Å²) in [4.78, 5) is 11.8. The first-order valence-electron chi connectivity index (χ1n) is 6.18. The minimum atomic E-state index is -0.419. The van der Waals surface area contributed by atoms with Gasteiger partial charge in [0.05, 0.1) is 6.04 Å². The van der Waals surface area contributed by atoms with Gasteiger partial charge in [-0.25, -0.2) is 0 Å². The van der Waals surface area contributed by atoms with Crippen LogP contribution in [0.1, 0.15) is 44.7 Å². The van der Waals surface area contributed by atoms with Gasteiger partial charge in [-0.3, -0.25) is 4.79 Å². The lowest BCUT2D eigenvalue weighted by Gasteiger charge is -2.19. The van der Waals surface area contributed by atoms with Crippen molar-refractivity contribution in [3.8, 4) is 0 Å². The highest BCUT2D eigenvalue weighted by atomic mass is 35.5. The fourth-order valence-corrected chi connectivity index (χ4v) is 2.03. The van der Waals surface area contributed by atoms with E-state index in [0.717, 1.165) is 24.8 Å². The van der Waals surface area contributed by atoms with E-state index in [0.29, 0.717) is 0 Å². The zero-order valence-electron chi connectivity index (χ0n) is 10.4. The molecule has 94 valence electrons. The number of benzene rings is 1. The molecule has 2 nitrogen and oxygen atoms in total. The average molecular weight is 254 g/mol. The topological polar surface area (TPSA) is 29.1 Å². The molecule has 1 N–H and O–H groups in total. The van der Waals surface area contributed by atoms with Gasteiger partial charge in [0, 0.05) is 0 Å². The first kappa shape index (κ1) is 14.0. The van der Waals surface area contributed by atoms with Crippen LogP contribution >= 0.6 is 11.6 Å². The number of amides is 1. The molecule has 1 aromatic rings. The fourth-order valence-electron chi connectivity index (χ4n) is 1.75. The molecule has 0 saturated heterocycles. The summed E-state index contributed by atoms with van der Waals surface area (Å²) in [6.45, 7) is 4.08. The van der Waals surface area contributed by atoms with Crippen LogP contribution in [0.4, 0.5) is 0 Å². The summed E-state index contributed by atoms with van der Waals surface area (Å²) in [6, 6.07) is 10.0. The second-order valence-corrected chi connectivity index (χ2v) is 4.66. The molecule has 0 aliphatic carbocycles. The van der Waals surface area contributed by atoms with Crippen molar-refractivity contribution < 1.29 is 4.79 Å². The van der Waals surface area contributed by atoms with Crippen LogP contribution in [-0.4, -0.2) is 11.3 Å². The first-order valence-corrected chi connectivity index (χ1v) is 6.62. The molecule has 0 saturated carbocycles. The third kappa shape index (κ3) is 4.39. The van der Waals surface area contributed by atoms with Crippen LogP contribution in [0.3, 0.4) is 0 Å². The smallest absolute Gasteiger partial charge is 0.238 e. The molecule has 0 aromatic heterocycles. The van der Waals surface area contributed by atoms with Crippen molar-refractivity contribution >= 4 is 17.5 Å². The van der Waals surface area contributed by atoms with Crippen LogP contribution in [0.5, 0.6) is 0 Å². The monoisotopic (exact) mass is 253 g/mol. The lowest BCUT2D eigenvalue weighted by molar-refractivity contribution is -0.121.